The van der Waals surface area contributed by atoms with E-state index in [9.17, 15) is 9.59 Å². The molecule has 0 amide bonds. The first kappa shape index (κ1) is 38.2. The first-order valence-corrected chi connectivity index (χ1v) is 17.1. The van der Waals surface area contributed by atoms with Crippen molar-refractivity contribution in [3.05, 3.63) is 36.5 Å². The number of aliphatic carboxylic acids is 2. The van der Waals surface area contributed by atoms with E-state index in [0.717, 1.165) is 25.7 Å². The van der Waals surface area contributed by atoms with Crippen LogP contribution in [0, 0.1) is 0 Å². The van der Waals surface area contributed by atoms with Gasteiger partial charge in [0.25, 0.3) is 0 Å². The third kappa shape index (κ3) is 36.2. The quantitative estimate of drug-likeness (QED) is 0.0487. The summed E-state index contributed by atoms with van der Waals surface area (Å²) in [5.41, 5.74) is 0. The third-order valence-corrected chi connectivity index (χ3v) is 7.67. The van der Waals surface area contributed by atoms with Crippen LogP contribution in [0.1, 0.15) is 180 Å². The highest BCUT2D eigenvalue weighted by molar-refractivity contribution is 5.79. The fraction of sp³-hybridized carbons (Fsp3) is 0.778. The molecule has 0 aliphatic carbocycles. The van der Waals surface area contributed by atoms with Crippen molar-refractivity contribution in [2.24, 2.45) is 0 Å². The van der Waals surface area contributed by atoms with Crippen LogP contribution in [-0.4, -0.2) is 22.2 Å². The second kappa shape index (κ2) is 33.4. The van der Waals surface area contributed by atoms with Crippen LogP contribution in [0.5, 0.6) is 0 Å². The van der Waals surface area contributed by atoms with Gasteiger partial charge in [0, 0.05) is 12.2 Å². The summed E-state index contributed by atoms with van der Waals surface area (Å²) in [5.74, 6) is -1.68. The van der Waals surface area contributed by atoms with E-state index in [1.165, 1.54) is 166 Å². The van der Waals surface area contributed by atoms with Crippen molar-refractivity contribution in [2.75, 3.05) is 0 Å². The van der Waals surface area contributed by atoms with Gasteiger partial charge in [0.05, 0.1) is 0 Å². The molecule has 0 aliphatic heterocycles. The Balaban J connectivity index is 3.12. The van der Waals surface area contributed by atoms with Gasteiger partial charge in [-0.1, -0.05) is 153 Å². The summed E-state index contributed by atoms with van der Waals surface area (Å²) < 4.78 is 0. The van der Waals surface area contributed by atoms with E-state index >= 15 is 0 Å². The molecule has 0 aromatic heterocycles. The van der Waals surface area contributed by atoms with Crippen molar-refractivity contribution in [3.8, 4) is 0 Å². The average Bonchev–Trinajstić information content (AvgIpc) is 2.93. The standard InChI is InChI=1S/C36H64O4/c37-35(38)33-31-29-27-25-23-21-19-17-15-13-11-9-7-5-3-1-2-4-6-8-10-12-14-16-18-20-22-24-26-28-30-32-34-36(39)40/h15,17,31-34H,1-14,16,18-30H2,(H,37,38)(H,39,40). The van der Waals surface area contributed by atoms with Crippen LogP contribution in [0.25, 0.3) is 0 Å². The average molecular weight is 561 g/mol. The van der Waals surface area contributed by atoms with E-state index in [0.29, 0.717) is 0 Å². The lowest BCUT2D eigenvalue weighted by atomic mass is 10.0. The Hall–Kier alpha value is -1.84. The van der Waals surface area contributed by atoms with Gasteiger partial charge in [0.2, 0.25) is 0 Å². The number of carboxylic acid groups (broad SMARTS) is 2. The molecule has 0 bridgehead atoms. The molecule has 0 fully saturated rings. The number of carbonyl (C=O) groups is 2. The molecule has 0 radical (unpaired) electrons. The zero-order chi connectivity index (χ0) is 29.2. The van der Waals surface area contributed by atoms with E-state index < -0.39 is 11.9 Å². The van der Waals surface area contributed by atoms with Gasteiger partial charge < -0.3 is 10.2 Å². The van der Waals surface area contributed by atoms with Gasteiger partial charge in [-0.25, -0.2) is 9.59 Å². The molecular formula is C36H64O4. The Morgan fingerprint density at radius 1 is 0.300 bits per heavy atom. The minimum absolute atomic E-state index is 0.837. The Morgan fingerprint density at radius 3 is 0.675 bits per heavy atom. The second-order valence-corrected chi connectivity index (χ2v) is 11.6. The Bertz CT molecular complexity index is 635. The van der Waals surface area contributed by atoms with Crippen molar-refractivity contribution >= 4 is 11.9 Å². The summed E-state index contributed by atoms with van der Waals surface area (Å²) in [7, 11) is 0. The first-order valence-electron chi connectivity index (χ1n) is 17.1. The smallest absolute Gasteiger partial charge is 0.327 e. The normalized spacial score (nSPS) is 11.9. The van der Waals surface area contributed by atoms with Crippen LogP contribution in [0.3, 0.4) is 0 Å². The van der Waals surface area contributed by atoms with Gasteiger partial charge in [0.15, 0.2) is 0 Å². The van der Waals surface area contributed by atoms with Crippen molar-refractivity contribution in [1.82, 2.24) is 0 Å². The van der Waals surface area contributed by atoms with Crippen LogP contribution < -0.4 is 0 Å². The van der Waals surface area contributed by atoms with E-state index in [-0.39, 0.29) is 0 Å². The summed E-state index contributed by atoms with van der Waals surface area (Å²) in [6.45, 7) is 0. The molecule has 0 heterocycles. The molecule has 40 heavy (non-hydrogen) atoms. The minimum Gasteiger partial charge on any atom is -0.478 e. The Labute approximate surface area is 247 Å². The molecule has 4 heteroatoms. The molecule has 4 nitrogen and oxygen atoms in total. The molecule has 0 aromatic carbocycles. The maximum Gasteiger partial charge on any atom is 0.327 e. The Morgan fingerprint density at radius 2 is 0.475 bits per heavy atom. The largest absolute Gasteiger partial charge is 0.478 e. The SMILES string of the molecule is O=C(O)C=CCCCCCCC=CCCCCCCCCCCCCCCCCCCCCCCC=CC(=O)O. The monoisotopic (exact) mass is 560 g/mol. The van der Waals surface area contributed by atoms with Crippen molar-refractivity contribution < 1.29 is 19.8 Å². The predicted octanol–water partition coefficient (Wildman–Crippen LogP) is 11.7. The maximum absolute atomic E-state index is 10.4. The second-order valence-electron chi connectivity index (χ2n) is 11.6. The van der Waals surface area contributed by atoms with Crippen LogP contribution in [0.2, 0.25) is 0 Å². The summed E-state index contributed by atoms with van der Waals surface area (Å²) in [4.78, 5) is 20.8. The van der Waals surface area contributed by atoms with Gasteiger partial charge in [0.1, 0.15) is 0 Å². The summed E-state index contributed by atoms with van der Waals surface area (Å²) >= 11 is 0. The van der Waals surface area contributed by atoms with Crippen LogP contribution in [0.15, 0.2) is 36.5 Å². The molecule has 232 valence electrons. The van der Waals surface area contributed by atoms with Gasteiger partial charge in [-0.2, -0.15) is 0 Å². The lowest BCUT2D eigenvalue weighted by Gasteiger charge is -2.04. The predicted molar refractivity (Wildman–Crippen MR) is 172 cm³/mol. The van der Waals surface area contributed by atoms with Gasteiger partial charge in [-0.05, 0) is 51.4 Å². The minimum atomic E-state index is -0.845. The van der Waals surface area contributed by atoms with Gasteiger partial charge in [-0.3, -0.25) is 0 Å². The van der Waals surface area contributed by atoms with E-state index in [1.807, 2.05) is 0 Å². The molecule has 0 aromatic rings. The summed E-state index contributed by atoms with van der Waals surface area (Å²) in [6, 6.07) is 0. The molecule has 0 aliphatic rings. The molecule has 2 N–H and O–H groups in total. The highest BCUT2D eigenvalue weighted by Gasteiger charge is 1.96. The van der Waals surface area contributed by atoms with Crippen LogP contribution in [-0.2, 0) is 9.59 Å². The number of allylic oxidation sites excluding steroid dienone is 4. The zero-order valence-electron chi connectivity index (χ0n) is 26.0. The third-order valence-electron chi connectivity index (χ3n) is 7.67. The molecule has 0 unspecified atom stereocenters. The fourth-order valence-corrected chi connectivity index (χ4v) is 5.19. The summed E-state index contributed by atoms with van der Waals surface area (Å²) in [6.07, 6.45) is 47.2. The van der Waals surface area contributed by atoms with Crippen molar-refractivity contribution in [2.45, 2.75) is 180 Å². The topological polar surface area (TPSA) is 74.6 Å². The molecular weight excluding hydrogens is 496 g/mol. The van der Waals surface area contributed by atoms with E-state index in [1.54, 1.807) is 12.2 Å². The lowest BCUT2D eigenvalue weighted by molar-refractivity contribution is -0.132. The van der Waals surface area contributed by atoms with Crippen molar-refractivity contribution in [3.63, 3.8) is 0 Å². The van der Waals surface area contributed by atoms with Gasteiger partial charge >= 0.3 is 11.9 Å². The highest BCUT2D eigenvalue weighted by atomic mass is 16.4. The van der Waals surface area contributed by atoms with Crippen molar-refractivity contribution in [1.29, 1.82) is 0 Å². The van der Waals surface area contributed by atoms with Crippen LogP contribution >= 0.6 is 0 Å². The molecule has 0 spiro atoms. The molecule has 0 saturated heterocycles. The highest BCUT2D eigenvalue weighted by Crippen LogP contribution is 2.15. The number of hydrogen-bond donors (Lipinski definition) is 2. The fourth-order valence-electron chi connectivity index (χ4n) is 5.19. The molecule has 0 atom stereocenters. The van der Waals surface area contributed by atoms with E-state index in [2.05, 4.69) is 12.2 Å². The maximum atomic E-state index is 10.4. The number of unbranched alkanes of at least 4 members (excludes halogenated alkanes) is 26. The van der Waals surface area contributed by atoms with Gasteiger partial charge in [-0.15, -0.1) is 0 Å². The zero-order valence-corrected chi connectivity index (χ0v) is 26.0. The van der Waals surface area contributed by atoms with Crippen LogP contribution in [0.4, 0.5) is 0 Å². The lowest BCUT2D eigenvalue weighted by Crippen LogP contribution is -1.86. The molecule has 0 saturated carbocycles. The molecule has 0 rings (SSSR count). The van der Waals surface area contributed by atoms with E-state index in [4.69, 9.17) is 10.2 Å². The summed E-state index contributed by atoms with van der Waals surface area (Å²) in [5, 5.41) is 17.1. The number of hydrogen-bond acceptors (Lipinski definition) is 2. The number of rotatable bonds is 32. The number of carboxylic acids is 2. The Kier molecular flexibility index (Phi) is 31.8. The first-order chi connectivity index (χ1) is 19.6.